The molecule has 3 heterocycles. The van der Waals surface area contributed by atoms with Crippen molar-refractivity contribution in [2.75, 3.05) is 6.61 Å². The van der Waals surface area contributed by atoms with E-state index in [4.69, 9.17) is 4.74 Å². The molecule has 172 valence electrons. The number of H-pyrrole nitrogens is 1. The molecule has 0 amide bonds. The van der Waals surface area contributed by atoms with Crippen LogP contribution in [0.1, 0.15) is 39.8 Å². The van der Waals surface area contributed by atoms with Crippen LogP contribution in [0.4, 0.5) is 0 Å². The standard InChI is InChI=1S/C27H24BrN3O3/c1-3-34-27(33)25-22(28)20-12-10-18-13-21(17-7-5-4-6-8-17)26(32)30-23(18)24(20)31(25)15-19-11-9-16(2)14-29-19/h4-9,11,13-14H,3,10,12,15H2,1-2H3,(H,30,32). The molecule has 4 aromatic rings. The number of pyridine rings is 2. The lowest BCUT2D eigenvalue weighted by molar-refractivity contribution is 0.0513. The summed E-state index contributed by atoms with van der Waals surface area (Å²) < 4.78 is 8.03. The van der Waals surface area contributed by atoms with Gasteiger partial charge in [-0.15, -0.1) is 0 Å². The minimum Gasteiger partial charge on any atom is -0.461 e. The molecule has 1 N–H and O–H groups in total. The molecule has 34 heavy (non-hydrogen) atoms. The summed E-state index contributed by atoms with van der Waals surface area (Å²) in [5, 5.41) is 0. The number of carbonyl (C=O) groups excluding carboxylic acids is 1. The van der Waals surface area contributed by atoms with E-state index in [2.05, 4.69) is 25.9 Å². The lowest BCUT2D eigenvalue weighted by atomic mass is 9.92. The van der Waals surface area contributed by atoms with Gasteiger partial charge in [-0.25, -0.2) is 4.79 Å². The molecule has 5 rings (SSSR count). The van der Waals surface area contributed by atoms with Crippen molar-refractivity contribution in [3.8, 4) is 22.5 Å². The molecule has 0 radical (unpaired) electrons. The molecular weight excluding hydrogens is 494 g/mol. The van der Waals surface area contributed by atoms with Crippen LogP contribution in [0.5, 0.6) is 0 Å². The Kier molecular flexibility index (Phi) is 5.96. The second-order valence-electron chi connectivity index (χ2n) is 8.40. The van der Waals surface area contributed by atoms with Gasteiger partial charge in [0.05, 0.1) is 34.7 Å². The number of hydrogen-bond donors (Lipinski definition) is 1. The summed E-state index contributed by atoms with van der Waals surface area (Å²) in [7, 11) is 0. The maximum atomic E-state index is 13.2. The number of carbonyl (C=O) groups is 1. The number of halogens is 1. The minimum absolute atomic E-state index is 0.159. The predicted molar refractivity (Wildman–Crippen MR) is 135 cm³/mol. The lowest BCUT2D eigenvalue weighted by Crippen LogP contribution is -2.19. The van der Waals surface area contributed by atoms with E-state index >= 15 is 0 Å². The highest BCUT2D eigenvalue weighted by atomic mass is 79.9. The Balaban J connectivity index is 1.71. The molecule has 1 aliphatic carbocycles. The summed E-state index contributed by atoms with van der Waals surface area (Å²) in [4.78, 5) is 33.8. The van der Waals surface area contributed by atoms with Gasteiger partial charge in [0.25, 0.3) is 5.56 Å². The monoisotopic (exact) mass is 517 g/mol. The second kappa shape index (κ2) is 9.06. The van der Waals surface area contributed by atoms with E-state index in [9.17, 15) is 9.59 Å². The van der Waals surface area contributed by atoms with Gasteiger partial charge in [-0.1, -0.05) is 36.4 Å². The molecule has 3 aromatic heterocycles. The fraction of sp³-hybridized carbons (Fsp3) is 0.222. The predicted octanol–water partition coefficient (Wildman–Crippen LogP) is 5.30. The first-order chi connectivity index (χ1) is 16.5. The normalized spacial score (nSPS) is 12.2. The van der Waals surface area contributed by atoms with Gasteiger partial charge in [-0.2, -0.15) is 0 Å². The molecule has 0 aliphatic heterocycles. The van der Waals surface area contributed by atoms with Crippen molar-refractivity contribution >= 4 is 21.9 Å². The van der Waals surface area contributed by atoms with Crippen LogP contribution in [0.2, 0.25) is 0 Å². The zero-order valence-electron chi connectivity index (χ0n) is 19.0. The first kappa shape index (κ1) is 22.3. The van der Waals surface area contributed by atoms with Gasteiger partial charge < -0.3 is 14.3 Å². The summed E-state index contributed by atoms with van der Waals surface area (Å²) in [6.45, 7) is 4.43. The summed E-state index contributed by atoms with van der Waals surface area (Å²) in [5.74, 6) is -0.402. The third kappa shape index (κ3) is 3.90. The number of aromatic amines is 1. The van der Waals surface area contributed by atoms with Crippen LogP contribution in [0.3, 0.4) is 0 Å². The minimum atomic E-state index is -0.402. The molecule has 1 aliphatic rings. The maximum absolute atomic E-state index is 13.2. The molecule has 0 unspecified atom stereocenters. The van der Waals surface area contributed by atoms with Crippen LogP contribution in [0, 0.1) is 6.92 Å². The summed E-state index contributed by atoms with van der Waals surface area (Å²) in [5.41, 5.74) is 7.29. The molecule has 0 spiro atoms. The van der Waals surface area contributed by atoms with E-state index in [1.54, 1.807) is 6.92 Å². The van der Waals surface area contributed by atoms with Crippen LogP contribution >= 0.6 is 15.9 Å². The van der Waals surface area contributed by atoms with Gasteiger partial charge in [-0.3, -0.25) is 9.78 Å². The fourth-order valence-corrected chi connectivity index (χ4v) is 5.30. The largest absolute Gasteiger partial charge is 0.461 e. The van der Waals surface area contributed by atoms with Crippen molar-refractivity contribution in [1.82, 2.24) is 14.5 Å². The van der Waals surface area contributed by atoms with Gasteiger partial charge in [0, 0.05) is 11.8 Å². The number of esters is 1. The van der Waals surface area contributed by atoms with Crippen LogP contribution in [-0.4, -0.2) is 27.1 Å². The number of fused-ring (bicyclic) bond motifs is 3. The van der Waals surface area contributed by atoms with Gasteiger partial charge in [0.1, 0.15) is 5.69 Å². The first-order valence-electron chi connectivity index (χ1n) is 11.3. The van der Waals surface area contributed by atoms with E-state index in [1.165, 1.54) is 0 Å². The first-order valence-corrected chi connectivity index (χ1v) is 12.1. The Bertz CT molecular complexity index is 1440. The van der Waals surface area contributed by atoms with Crippen molar-refractivity contribution in [2.24, 2.45) is 0 Å². The smallest absolute Gasteiger partial charge is 0.356 e. The second-order valence-corrected chi connectivity index (χ2v) is 9.19. The van der Waals surface area contributed by atoms with Crippen molar-refractivity contribution in [3.05, 3.63) is 97.6 Å². The molecule has 6 nitrogen and oxygen atoms in total. The highest BCUT2D eigenvalue weighted by Gasteiger charge is 2.32. The van der Waals surface area contributed by atoms with Gasteiger partial charge in [0.2, 0.25) is 0 Å². The van der Waals surface area contributed by atoms with Crippen molar-refractivity contribution in [3.63, 3.8) is 0 Å². The third-order valence-corrected chi connectivity index (χ3v) is 7.00. The van der Waals surface area contributed by atoms with Crippen LogP contribution < -0.4 is 5.56 Å². The molecule has 7 heteroatoms. The molecular formula is C27H24BrN3O3. The van der Waals surface area contributed by atoms with Crippen molar-refractivity contribution in [2.45, 2.75) is 33.2 Å². The number of nitrogens with one attached hydrogen (secondary N) is 1. The fourth-order valence-electron chi connectivity index (χ4n) is 4.54. The summed E-state index contributed by atoms with van der Waals surface area (Å²) >= 11 is 3.67. The van der Waals surface area contributed by atoms with Crippen LogP contribution in [-0.2, 0) is 24.1 Å². The zero-order valence-corrected chi connectivity index (χ0v) is 20.6. The quantitative estimate of drug-likeness (QED) is 0.364. The van der Waals surface area contributed by atoms with E-state index in [-0.39, 0.29) is 12.2 Å². The van der Waals surface area contributed by atoms with Crippen molar-refractivity contribution in [1.29, 1.82) is 0 Å². The Labute approximate surface area is 205 Å². The SMILES string of the molecule is CCOC(=O)c1c(Br)c2c(n1Cc1ccc(C)cn1)-c1[nH]c(=O)c(-c3ccccc3)cc1CC2. The number of rotatable bonds is 5. The van der Waals surface area contributed by atoms with E-state index in [0.717, 1.165) is 52.2 Å². The van der Waals surface area contributed by atoms with Gasteiger partial charge in [0.15, 0.2) is 0 Å². The molecule has 0 saturated heterocycles. The molecule has 0 atom stereocenters. The molecule has 0 fully saturated rings. The maximum Gasteiger partial charge on any atom is 0.356 e. The Hall–Kier alpha value is -3.45. The average molecular weight is 518 g/mol. The zero-order chi connectivity index (χ0) is 23.8. The molecule has 0 bridgehead atoms. The van der Waals surface area contributed by atoms with Crippen LogP contribution in [0.25, 0.3) is 22.5 Å². The Morgan fingerprint density at radius 2 is 1.97 bits per heavy atom. The summed E-state index contributed by atoms with van der Waals surface area (Å²) in [6.07, 6.45) is 3.31. The lowest BCUT2D eigenvalue weighted by Gasteiger charge is -2.21. The number of nitrogens with zero attached hydrogens (tertiary/aromatic N) is 2. The Morgan fingerprint density at radius 1 is 1.18 bits per heavy atom. The molecule has 0 saturated carbocycles. The molecule has 1 aromatic carbocycles. The van der Waals surface area contributed by atoms with Gasteiger partial charge in [-0.05, 0) is 77.0 Å². The van der Waals surface area contributed by atoms with E-state index < -0.39 is 5.97 Å². The third-order valence-electron chi connectivity index (χ3n) is 6.15. The van der Waals surface area contributed by atoms with E-state index in [0.29, 0.717) is 22.3 Å². The number of aryl methyl sites for hydroxylation is 2. The average Bonchev–Trinajstić information content (AvgIpc) is 3.12. The number of hydrogen-bond acceptors (Lipinski definition) is 4. The number of ether oxygens (including phenoxy) is 1. The van der Waals surface area contributed by atoms with Crippen LogP contribution in [0.15, 0.2) is 64.0 Å². The van der Waals surface area contributed by atoms with E-state index in [1.807, 2.05) is 66.2 Å². The highest BCUT2D eigenvalue weighted by Crippen LogP contribution is 2.41. The van der Waals surface area contributed by atoms with Gasteiger partial charge >= 0.3 is 5.97 Å². The topological polar surface area (TPSA) is 77.0 Å². The van der Waals surface area contributed by atoms with Crippen molar-refractivity contribution < 1.29 is 9.53 Å². The number of aromatic nitrogens is 3. The summed E-state index contributed by atoms with van der Waals surface area (Å²) in [6, 6.07) is 15.6. The number of benzene rings is 1. The highest BCUT2D eigenvalue weighted by molar-refractivity contribution is 9.10. The Morgan fingerprint density at radius 3 is 2.68 bits per heavy atom.